The van der Waals surface area contributed by atoms with E-state index in [1.807, 2.05) is 0 Å². The average molecular weight is 805 g/mol. The van der Waals surface area contributed by atoms with Crippen LogP contribution in [-0.4, -0.2) is 124 Å². The maximum absolute atomic E-state index is 13.6. The van der Waals surface area contributed by atoms with Crippen LogP contribution in [0.3, 0.4) is 0 Å². The molecule has 4 rings (SSSR count). The molecule has 2 fully saturated rings. The first kappa shape index (κ1) is 43.9. The maximum Gasteiger partial charge on any atom is 0.338 e. The van der Waals surface area contributed by atoms with E-state index in [9.17, 15) is 33.6 Å². The third-order valence-corrected chi connectivity index (χ3v) is 8.15. The van der Waals surface area contributed by atoms with Crippen molar-refractivity contribution in [3.05, 3.63) is 60.2 Å². The maximum atomic E-state index is 13.6. The summed E-state index contributed by atoms with van der Waals surface area (Å²) < 4.78 is 69.0. The smallest absolute Gasteiger partial charge is 0.338 e. The molecule has 2 heterocycles. The first-order chi connectivity index (χ1) is 27.1. The molecule has 0 N–H and O–H groups in total. The molecule has 0 aliphatic carbocycles. The third kappa shape index (κ3) is 12.6. The minimum absolute atomic E-state index is 0.0416. The molecule has 10 atom stereocenters. The van der Waals surface area contributed by atoms with Crippen LogP contribution in [0.15, 0.2) is 54.6 Å². The molecular formula is C38H44O19. The fourth-order valence-corrected chi connectivity index (χ4v) is 5.93. The van der Waals surface area contributed by atoms with Gasteiger partial charge in [0.05, 0.1) is 12.7 Å². The van der Waals surface area contributed by atoms with Gasteiger partial charge in [0.1, 0.15) is 43.0 Å². The largest absolute Gasteiger partial charge is 0.497 e. The van der Waals surface area contributed by atoms with E-state index >= 15 is 0 Å². The zero-order valence-corrected chi connectivity index (χ0v) is 32.1. The van der Waals surface area contributed by atoms with Crippen molar-refractivity contribution in [3.63, 3.8) is 0 Å². The Kier molecular flexibility index (Phi) is 15.7. The normalized spacial score (nSPS) is 26.7. The van der Waals surface area contributed by atoms with Crippen LogP contribution in [0.4, 0.5) is 0 Å². The minimum atomic E-state index is -1.88. The second-order valence-electron chi connectivity index (χ2n) is 12.6. The summed E-state index contributed by atoms with van der Waals surface area (Å²) in [5, 5.41) is 0. The van der Waals surface area contributed by atoms with Gasteiger partial charge in [-0.15, -0.1) is 0 Å². The second-order valence-corrected chi connectivity index (χ2v) is 12.6. The van der Waals surface area contributed by atoms with Crippen molar-refractivity contribution in [2.24, 2.45) is 0 Å². The van der Waals surface area contributed by atoms with Crippen LogP contribution in [0, 0.1) is 0 Å². The number of esters is 7. The number of rotatable bonds is 15. The lowest BCUT2D eigenvalue weighted by molar-refractivity contribution is -0.353. The van der Waals surface area contributed by atoms with Gasteiger partial charge < -0.3 is 56.8 Å². The van der Waals surface area contributed by atoms with Gasteiger partial charge in [0.25, 0.3) is 0 Å². The van der Waals surface area contributed by atoms with Crippen molar-refractivity contribution in [1.29, 1.82) is 0 Å². The van der Waals surface area contributed by atoms with Crippen molar-refractivity contribution in [1.82, 2.24) is 0 Å². The number of carbonyl (C=O) groups excluding carboxylic acids is 7. The predicted molar refractivity (Wildman–Crippen MR) is 187 cm³/mol. The van der Waals surface area contributed by atoms with Crippen LogP contribution >= 0.6 is 0 Å². The Balaban J connectivity index is 1.89. The molecule has 2 aliphatic rings. The molecule has 0 saturated carbocycles. The molecule has 19 nitrogen and oxygen atoms in total. The summed E-state index contributed by atoms with van der Waals surface area (Å²) in [5.41, 5.74) is 0.0416. The number of hydrogen-bond acceptors (Lipinski definition) is 19. The van der Waals surface area contributed by atoms with Crippen LogP contribution in [0.2, 0.25) is 0 Å². The van der Waals surface area contributed by atoms with Gasteiger partial charge in [-0.1, -0.05) is 18.2 Å². The Labute approximate surface area is 326 Å². The minimum Gasteiger partial charge on any atom is -0.497 e. The molecule has 0 bridgehead atoms. The van der Waals surface area contributed by atoms with E-state index in [2.05, 4.69) is 0 Å². The zero-order valence-electron chi connectivity index (χ0n) is 32.1. The molecule has 0 radical (unpaired) electrons. The van der Waals surface area contributed by atoms with E-state index in [0.717, 1.165) is 41.5 Å². The summed E-state index contributed by atoms with van der Waals surface area (Å²) in [6.07, 6.45) is -16.3. The highest BCUT2D eigenvalue weighted by molar-refractivity contribution is 5.89. The van der Waals surface area contributed by atoms with E-state index in [0.29, 0.717) is 5.75 Å². The number of benzene rings is 2. The van der Waals surface area contributed by atoms with Gasteiger partial charge >= 0.3 is 41.8 Å². The molecule has 2 saturated heterocycles. The second kappa shape index (κ2) is 20.4. The van der Waals surface area contributed by atoms with Gasteiger partial charge in [-0.2, -0.15) is 0 Å². The molecule has 0 unspecified atom stereocenters. The lowest BCUT2D eigenvalue weighted by atomic mass is 9.95. The molecule has 2 aliphatic heterocycles. The Hall–Kier alpha value is -5.79. The van der Waals surface area contributed by atoms with Crippen LogP contribution in [0.5, 0.6) is 11.5 Å². The Morgan fingerprint density at radius 2 is 0.930 bits per heavy atom. The third-order valence-electron chi connectivity index (χ3n) is 8.15. The van der Waals surface area contributed by atoms with Crippen molar-refractivity contribution in [3.8, 4) is 11.5 Å². The molecule has 57 heavy (non-hydrogen) atoms. The van der Waals surface area contributed by atoms with Gasteiger partial charge in [0, 0.05) is 41.5 Å². The lowest BCUT2D eigenvalue weighted by Gasteiger charge is -2.48. The van der Waals surface area contributed by atoms with Gasteiger partial charge in [0.15, 0.2) is 36.8 Å². The summed E-state index contributed by atoms with van der Waals surface area (Å²) in [6, 6.07) is 13.8. The molecular weight excluding hydrogens is 760 g/mol. The van der Waals surface area contributed by atoms with E-state index in [-0.39, 0.29) is 11.3 Å². The topological polar surface area (TPSA) is 230 Å². The van der Waals surface area contributed by atoms with Gasteiger partial charge in [-0.25, -0.2) is 4.79 Å². The molecule has 2 aromatic rings. The van der Waals surface area contributed by atoms with Gasteiger partial charge in [-0.05, 0) is 36.4 Å². The summed E-state index contributed by atoms with van der Waals surface area (Å²) in [6.45, 7) is 5.33. The zero-order chi connectivity index (χ0) is 41.8. The first-order valence-corrected chi connectivity index (χ1v) is 17.5. The van der Waals surface area contributed by atoms with Crippen LogP contribution < -0.4 is 9.47 Å². The average Bonchev–Trinajstić information content (AvgIpc) is 3.14. The number of hydrogen-bond donors (Lipinski definition) is 0. The summed E-state index contributed by atoms with van der Waals surface area (Å²) >= 11 is 0. The lowest BCUT2D eigenvalue weighted by Crippen LogP contribution is -2.67. The predicted octanol–water partition coefficient (Wildman–Crippen LogP) is 1.99. The highest BCUT2D eigenvalue weighted by Gasteiger charge is 2.58. The molecule has 310 valence electrons. The SMILES string of the molecule is COc1ccc(O[C@@H]2O[C@H](COC(C)=O)[C@H](OC(C)=O)[C@H](O[C@H]3O[C@H](COC(C)=O)[C@H](OC(C)=O)[C@H](OC(C)=O)[C@H]3OC(=O)c3ccccc3)[C@H]2OC(C)=O)cc1. The highest BCUT2D eigenvalue weighted by Crippen LogP contribution is 2.36. The summed E-state index contributed by atoms with van der Waals surface area (Å²) in [7, 11) is 1.46. The number of methoxy groups -OCH3 is 1. The molecule has 2 aromatic carbocycles. The number of ether oxygens (including phenoxy) is 12. The Morgan fingerprint density at radius 3 is 1.42 bits per heavy atom. The fraction of sp³-hybridized carbons (Fsp3) is 0.500. The van der Waals surface area contributed by atoms with E-state index < -0.39 is 116 Å². The molecule has 19 heteroatoms. The van der Waals surface area contributed by atoms with Crippen LogP contribution in [0.1, 0.15) is 51.9 Å². The van der Waals surface area contributed by atoms with Gasteiger partial charge in [0.2, 0.25) is 6.29 Å². The van der Waals surface area contributed by atoms with E-state index in [4.69, 9.17) is 56.8 Å². The molecule has 0 spiro atoms. The van der Waals surface area contributed by atoms with Crippen LogP contribution in [0.25, 0.3) is 0 Å². The quantitative estimate of drug-likeness (QED) is 0.185. The van der Waals surface area contributed by atoms with Crippen molar-refractivity contribution in [2.75, 3.05) is 20.3 Å². The fourth-order valence-electron chi connectivity index (χ4n) is 5.93. The van der Waals surface area contributed by atoms with Gasteiger partial charge in [-0.3, -0.25) is 28.8 Å². The molecule has 0 aromatic heterocycles. The van der Waals surface area contributed by atoms with Crippen LogP contribution in [-0.2, 0) is 76.1 Å². The van der Waals surface area contributed by atoms with Crippen molar-refractivity contribution in [2.45, 2.75) is 103 Å². The molecule has 0 amide bonds. The Bertz CT molecular complexity index is 1730. The van der Waals surface area contributed by atoms with Crippen molar-refractivity contribution < 1.29 is 90.4 Å². The monoisotopic (exact) mass is 804 g/mol. The highest BCUT2D eigenvalue weighted by atomic mass is 16.8. The summed E-state index contributed by atoms with van der Waals surface area (Å²) in [5.74, 6) is -5.35. The van der Waals surface area contributed by atoms with Crippen molar-refractivity contribution >= 4 is 41.8 Å². The van der Waals surface area contributed by atoms with E-state index in [1.165, 1.54) is 31.4 Å². The van der Waals surface area contributed by atoms with E-state index in [1.54, 1.807) is 30.3 Å². The Morgan fingerprint density at radius 1 is 0.491 bits per heavy atom. The standard InChI is InChI=1S/C38H44O19/c1-19(39)47-17-28-30(49-21(3)41)32(51-23(5)43)35(56-36(45)25-11-9-8-10-12-25)38(55-28)57-33-31(50-22(4)42)29(18-48-20(2)40)54-37(34(33)52-24(6)44)53-27-15-13-26(46-7)14-16-27/h8-16,28-35,37-38H,17-18H2,1-7H3/t28-,29-,30+,31+,32+,33+,34-,35-,37-,38-/m1/s1. The first-order valence-electron chi connectivity index (χ1n) is 17.5. The number of carbonyl (C=O) groups is 7. The summed E-state index contributed by atoms with van der Waals surface area (Å²) in [4.78, 5) is 87.9.